The number of nitrogens with zero attached hydrogens (tertiary/aromatic N) is 3. The number of fused-ring (bicyclic) bond motifs is 1. The topological polar surface area (TPSA) is 50.2 Å². The first-order valence-corrected chi connectivity index (χ1v) is 8.02. The molecule has 4 rings (SSSR count). The minimum atomic E-state index is -0.357. The fourth-order valence-corrected chi connectivity index (χ4v) is 3.06. The monoisotopic (exact) mass is 314 g/mol. The maximum atomic E-state index is 4.89. The predicted octanol–water partition coefficient (Wildman–Crippen LogP) is 4.33. The molecule has 0 bridgehead atoms. The molecule has 118 valence electrons. The zero-order chi connectivity index (χ0) is 16.4. The molecule has 1 aliphatic heterocycles. The first-order chi connectivity index (χ1) is 11.7. The first kappa shape index (κ1) is 14.6. The molecule has 0 radical (unpaired) electrons. The van der Waals surface area contributed by atoms with Gasteiger partial charge < -0.3 is 5.32 Å². The Bertz CT molecular complexity index is 874. The highest BCUT2D eigenvalue weighted by Gasteiger charge is 2.33. The van der Waals surface area contributed by atoms with E-state index >= 15 is 0 Å². The van der Waals surface area contributed by atoms with Crippen molar-refractivity contribution in [2.24, 2.45) is 4.99 Å². The molecule has 1 aromatic carbocycles. The molecule has 0 spiro atoms. The maximum Gasteiger partial charge on any atom is 0.0865 e. The second-order valence-electron chi connectivity index (χ2n) is 6.14. The molecule has 0 fully saturated rings. The number of hydrogen-bond acceptors (Lipinski definition) is 4. The third-order valence-corrected chi connectivity index (χ3v) is 4.28. The van der Waals surface area contributed by atoms with Crippen LogP contribution in [-0.4, -0.2) is 15.7 Å². The Labute approximate surface area is 141 Å². The van der Waals surface area contributed by atoms with Crippen molar-refractivity contribution in [3.63, 3.8) is 0 Å². The van der Waals surface area contributed by atoms with Crippen LogP contribution in [0.25, 0.3) is 0 Å². The lowest BCUT2D eigenvalue weighted by Crippen LogP contribution is -2.35. The number of aromatic nitrogens is 2. The number of pyridine rings is 2. The highest BCUT2D eigenvalue weighted by atomic mass is 15.0. The number of hydrogen-bond donors (Lipinski definition) is 1. The summed E-state index contributed by atoms with van der Waals surface area (Å²) in [5.74, 6) is 0. The molecular formula is C20H18N4. The number of anilines is 1. The molecule has 24 heavy (non-hydrogen) atoms. The molecule has 0 saturated carbocycles. The third kappa shape index (κ3) is 2.67. The summed E-state index contributed by atoms with van der Waals surface area (Å²) >= 11 is 0. The zero-order valence-electron chi connectivity index (χ0n) is 13.5. The van der Waals surface area contributed by atoms with Gasteiger partial charge in [-0.15, -0.1) is 0 Å². The number of aliphatic imine (C=N–C) groups is 1. The van der Waals surface area contributed by atoms with Gasteiger partial charge >= 0.3 is 0 Å². The Balaban J connectivity index is 1.87. The summed E-state index contributed by atoms with van der Waals surface area (Å²) in [4.78, 5) is 14.0. The molecule has 3 aromatic rings. The molecular weight excluding hydrogens is 296 g/mol. The minimum absolute atomic E-state index is 0.357. The van der Waals surface area contributed by atoms with Crippen LogP contribution in [0.4, 0.5) is 11.4 Å². The van der Waals surface area contributed by atoms with E-state index in [1.807, 2.05) is 54.7 Å². The van der Waals surface area contributed by atoms with Crippen molar-refractivity contribution in [2.45, 2.75) is 18.9 Å². The van der Waals surface area contributed by atoms with Crippen LogP contribution in [0.2, 0.25) is 0 Å². The lowest BCUT2D eigenvalue weighted by molar-refractivity contribution is 0.551. The van der Waals surface area contributed by atoms with Crippen LogP contribution in [0, 0.1) is 0 Å². The van der Waals surface area contributed by atoms with Crippen LogP contribution in [0.15, 0.2) is 78.0 Å². The molecule has 1 atom stereocenters. The Morgan fingerprint density at radius 2 is 1.62 bits per heavy atom. The fraction of sp³-hybridized carbons (Fsp3) is 0.150. The number of para-hydroxylation sites is 2. The summed E-state index contributed by atoms with van der Waals surface area (Å²) in [6.45, 7) is 2.16. The summed E-state index contributed by atoms with van der Waals surface area (Å²) < 4.78 is 0. The third-order valence-electron chi connectivity index (χ3n) is 4.28. The van der Waals surface area contributed by atoms with E-state index < -0.39 is 0 Å². The molecule has 0 saturated heterocycles. The van der Waals surface area contributed by atoms with Crippen molar-refractivity contribution in [1.82, 2.24) is 9.97 Å². The summed E-state index contributed by atoms with van der Waals surface area (Å²) in [5.41, 5.74) is 4.43. The van der Waals surface area contributed by atoms with Gasteiger partial charge in [0.25, 0.3) is 0 Å². The molecule has 4 nitrogen and oxygen atoms in total. The van der Waals surface area contributed by atoms with Gasteiger partial charge in [0.05, 0.1) is 34.0 Å². The van der Waals surface area contributed by atoms with Crippen molar-refractivity contribution in [3.05, 3.63) is 84.4 Å². The molecule has 0 aliphatic carbocycles. The molecule has 3 heterocycles. The smallest absolute Gasteiger partial charge is 0.0865 e. The van der Waals surface area contributed by atoms with E-state index in [1.165, 1.54) is 0 Å². The van der Waals surface area contributed by atoms with Gasteiger partial charge in [0, 0.05) is 18.8 Å². The van der Waals surface area contributed by atoms with Crippen LogP contribution in [0.3, 0.4) is 0 Å². The highest BCUT2D eigenvalue weighted by molar-refractivity contribution is 6.03. The molecule has 1 aliphatic rings. The van der Waals surface area contributed by atoms with Crippen molar-refractivity contribution in [1.29, 1.82) is 0 Å². The van der Waals surface area contributed by atoms with Gasteiger partial charge in [-0.3, -0.25) is 9.97 Å². The maximum absolute atomic E-state index is 4.89. The van der Waals surface area contributed by atoms with E-state index in [-0.39, 0.29) is 5.54 Å². The highest BCUT2D eigenvalue weighted by Crippen LogP contribution is 2.37. The molecule has 4 heteroatoms. The minimum Gasteiger partial charge on any atom is -0.372 e. The second-order valence-corrected chi connectivity index (χ2v) is 6.14. The average molecular weight is 314 g/mol. The predicted molar refractivity (Wildman–Crippen MR) is 96.7 cm³/mol. The van der Waals surface area contributed by atoms with E-state index in [9.17, 15) is 0 Å². The summed E-state index contributed by atoms with van der Waals surface area (Å²) in [7, 11) is 0. The first-order valence-electron chi connectivity index (χ1n) is 8.02. The molecule has 2 aromatic heterocycles. The van der Waals surface area contributed by atoms with E-state index in [2.05, 4.69) is 34.3 Å². The van der Waals surface area contributed by atoms with Gasteiger partial charge in [0.2, 0.25) is 0 Å². The summed E-state index contributed by atoms with van der Waals surface area (Å²) in [5, 5.41) is 3.65. The second kappa shape index (κ2) is 5.89. The summed E-state index contributed by atoms with van der Waals surface area (Å²) in [6, 6.07) is 20.0. The van der Waals surface area contributed by atoms with E-state index in [4.69, 9.17) is 4.99 Å². The molecule has 1 N–H and O–H groups in total. The van der Waals surface area contributed by atoms with E-state index in [0.717, 1.165) is 28.5 Å². The normalized spacial score (nSPS) is 19.6. The van der Waals surface area contributed by atoms with Crippen LogP contribution in [-0.2, 0) is 5.54 Å². The lowest BCUT2D eigenvalue weighted by atomic mass is 9.89. The Kier molecular flexibility index (Phi) is 3.58. The summed E-state index contributed by atoms with van der Waals surface area (Å²) in [6.07, 6.45) is 4.34. The van der Waals surface area contributed by atoms with Crippen molar-refractivity contribution in [2.75, 3.05) is 5.32 Å². The zero-order valence-corrected chi connectivity index (χ0v) is 13.5. The van der Waals surface area contributed by atoms with E-state index in [0.29, 0.717) is 6.42 Å². The van der Waals surface area contributed by atoms with Crippen LogP contribution < -0.4 is 5.32 Å². The average Bonchev–Trinajstić information content (AvgIpc) is 2.80. The molecule has 0 amide bonds. The quantitative estimate of drug-likeness (QED) is 0.766. The number of nitrogens with one attached hydrogen (secondary N) is 1. The van der Waals surface area contributed by atoms with Crippen molar-refractivity contribution >= 4 is 17.1 Å². The Morgan fingerprint density at radius 1 is 0.875 bits per heavy atom. The van der Waals surface area contributed by atoms with E-state index in [1.54, 1.807) is 6.20 Å². The fourth-order valence-electron chi connectivity index (χ4n) is 3.06. The van der Waals surface area contributed by atoms with Crippen LogP contribution in [0.5, 0.6) is 0 Å². The van der Waals surface area contributed by atoms with Gasteiger partial charge in [0.15, 0.2) is 0 Å². The molecule has 1 unspecified atom stereocenters. The SMILES string of the molecule is CC1(c2ccccn2)CC(c2ccccn2)=Nc2ccccc2N1. The standard InChI is InChI=1S/C20H18N4/c1-20(19-11-5-7-13-22-19)14-18(15-8-4-6-12-21-15)23-16-9-2-3-10-17(16)24-20/h2-13,24H,14H2,1H3. The van der Waals surface area contributed by atoms with Gasteiger partial charge in [-0.25, -0.2) is 4.99 Å². The number of benzene rings is 1. The van der Waals surface area contributed by atoms with Crippen LogP contribution >= 0.6 is 0 Å². The Morgan fingerprint density at radius 3 is 2.38 bits per heavy atom. The Hall–Kier alpha value is -3.01. The lowest BCUT2D eigenvalue weighted by Gasteiger charge is -2.30. The number of rotatable bonds is 2. The van der Waals surface area contributed by atoms with Gasteiger partial charge in [-0.2, -0.15) is 0 Å². The largest absolute Gasteiger partial charge is 0.372 e. The van der Waals surface area contributed by atoms with Gasteiger partial charge in [0.1, 0.15) is 0 Å². The van der Waals surface area contributed by atoms with Crippen LogP contribution in [0.1, 0.15) is 24.7 Å². The van der Waals surface area contributed by atoms with Gasteiger partial charge in [-0.05, 0) is 43.3 Å². The van der Waals surface area contributed by atoms with Crippen molar-refractivity contribution in [3.8, 4) is 0 Å². The van der Waals surface area contributed by atoms with Crippen molar-refractivity contribution < 1.29 is 0 Å². The van der Waals surface area contributed by atoms with Gasteiger partial charge in [-0.1, -0.05) is 24.3 Å².